The van der Waals surface area contributed by atoms with E-state index >= 15 is 0 Å². The molecule has 6 nitrogen and oxygen atoms in total. The molecular weight excluding hydrogens is 346 g/mol. The minimum atomic E-state index is -0.687. The van der Waals surface area contributed by atoms with Crippen molar-refractivity contribution in [1.29, 1.82) is 0 Å². The average Bonchev–Trinajstić information content (AvgIpc) is 2.56. The van der Waals surface area contributed by atoms with Crippen molar-refractivity contribution in [3.63, 3.8) is 0 Å². The molecule has 0 saturated heterocycles. The number of hydrogen-bond donors (Lipinski definition) is 1. The highest BCUT2D eigenvalue weighted by Gasteiger charge is 2.18. The van der Waals surface area contributed by atoms with Crippen LogP contribution in [0.4, 0.5) is 0 Å². The fourth-order valence-electron chi connectivity index (χ4n) is 2.44. The number of ether oxygens (including phenoxy) is 2. The highest BCUT2D eigenvalue weighted by atomic mass is 35.5. The minimum absolute atomic E-state index is 0.358. The van der Waals surface area contributed by atoms with E-state index in [2.05, 4.69) is 0 Å². The van der Waals surface area contributed by atoms with E-state index in [4.69, 9.17) is 21.1 Å². The number of carbonyl (C=O) groups excluding carboxylic acids is 1. The van der Waals surface area contributed by atoms with Crippen molar-refractivity contribution in [1.82, 2.24) is 4.57 Å². The van der Waals surface area contributed by atoms with Gasteiger partial charge in [0.05, 0.1) is 5.52 Å². The lowest BCUT2D eigenvalue weighted by molar-refractivity contribution is -0.132. The molecule has 1 aromatic heterocycles. The zero-order valence-corrected chi connectivity index (χ0v) is 14.2. The van der Waals surface area contributed by atoms with Crippen molar-refractivity contribution >= 4 is 28.5 Å². The summed E-state index contributed by atoms with van der Waals surface area (Å²) in [7, 11) is 1.51. The lowest BCUT2D eigenvalue weighted by atomic mass is 10.1. The predicted molar refractivity (Wildman–Crippen MR) is 93.7 cm³/mol. The number of halogens is 1. The topological polar surface area (TPSA) is 77.8 Å². The van der Waals surface area contributed by atoms with Crippen molar-refractivity contribution in [2.24, 2.45) is 7.05 Å². The second kappa shape index (κ2) is 6.49. The first-order valence-corrected chi connectivity index (χ1v) is 7.72. The molecule has 0 atom stereocenters. The summed E-state index contributed by atoms with van der Waals surface area (Å²) in [5.41, 5.74) is -0.196. The monoisotopic (exact) mass is 359 g/mol. The summed E-state index contributed by atoms with van der Waals surface area (Å²) in [6.07, 6.45) is 0. The van der Waals surface area contributed by atoms with Crippen LogP contribution >= 0.6 is 11.6 Å². The largest absolute Gasteiger partial charge is 0.504 e. The van der Waals surface area contributed by atoms with Gasteiger partial charge in [-0.2, -0.15) is 0 Å². The predicted octanol–water partition coefficient (Wildman–Crippen LogP) is 3.62. The molecule has 25 heavy (non-hydrogen) atoms. The number of aryl methyl sites for hydroxylation is 1. The molecule has 0 bridgehead atoms. The molecule has 3 aromatic rings. The number of fused-ring (bicyclic) bond motifs is 1. The van der Waals surface area contributed by atoms with E-state index in [1.165, 1.54) is 11.6 Å². The van der Waals surface area contributed by atoms with E-state index in [1.807, 2.05) is 0 Å². The first-order valence-electron chi connectivity index (χ1n) is 7.34. The number of rotatable bonds is 3. The number of aromatic hydroxyl groups is 1. The Kier molecular flexibility index (Phi) is 4.37. The van der Waals surface area contributed by atoms with Gasteiger partial charge in [0.25, 0.3) is 5.56 Å². The number of aromatic nitrogens is 1. The van der Waals surface area contributed by atoms with Gasteiger partial charge in [-0.25, -0.2) is 0 Å². The van der Waals surface area contributed by atoms with E-state index in [0.717, 1.165) is 6.92 Å². The number of carbonyl (C=O) groups is 1. The summed E-state index contributed by atoms with van der Waals surface area (Å²) in [5.74, 6) is -0.469. The van der Waals surface area contributed by atoms with Crippen molar-refractivity contribution in [2.75, 3.05) is 0 Å². The third-order valence-electron chi connectivity index (χ3n) is 3.58. The molecular formula is C18H14ClNO5. The van der Waals surface area contributed by atoms with Gasteiger partial charge in [-0.15, -0.1) is 0 Å². The Hall–Kier alpha value is -2.99. The van der Waals surface area contributed by atoms with E-state index in [1.54, 1.807) is 42.5 Å². The molecule has 1 heterocycles. The van der Waals surface area contributed by atoms with E-state index in [0.29, 0.717) is 27.4 Å². The lowest BCUT2D eigenvalue weighted by Crippen LogP contribution is -2.21. The van der Waals surface area contributed by atoms with Crippen LogP contribution in [0.5, 0.6) is 23.0 Å². The second-order valence-electron chi connectivity index (χ2n) is 5.37. The summed E-state index contributed by atoms with van der Waals surface area (Å²) in [5, 5.41) is 11.2. The molecule has 0 spiro atoms. The van der Waals surface area contributed by atoms with Gasteiger partial charge >= 0.3 is 5.97 Å². The number of nitrogens with zero attached hydrogens (tertiary/aromatic N) is 1. The van der Waals surface area contributed by atoms with Crippen LogP contribution in [0.2, 0.25) is 5.02 Å². The lowest BCUT2D eigenvalue weighted by Gasteiger charge is -2.13. The maximum absolute atomic E-state index is 12.3. The Morgan fingerprint density at radius 2 is 1.88 bits per heavy atom. The number of pyridine rings is 1. The molecule has 128 valence electrons. The molecule has 0 unspecified atom stereocenters. The fourth-order valence-corrected chi connectivity index (χ4v) is 2.62. The summed E-state index contributed by atoms with van der Waals surface area (Å²) in [4.78, 5) is 23.5. The van der Waals surface area contributed by atoms with E-state index < -0.39 is 17.3 Å². The normalized spacial score (nSPS) is 10.7. The summed E-state index contributed by atoms with van der Waals surface area (Å²) >= 11 is 5.93. The molecule has 0 aliphatic rings. The molecule has 0 radical (unpaired) electrons. The van der Waals surface area contributed by atoms with Crippen LogP contribution in [0.1, 0.15) is 6.92 Å². The summed E-state index contributed by atoms with van der Waals surface area (Å²) in [6, 6.07) is 11.7. The standard InChI is InChI=1S/C18H14ClNO5/c1-10(21)24-17-16(22)14-7-6-13(9-15(14)20(2)18(17)23)25-12-5-3-4-11(19)8-12/h3-9,22H,1-2H3. The smallest absolute Gasteiger partial charge is 0.308 e. The molecule has 0 saturated carbocycles. The fraction of sp³-hybridized carbons (Fsp3) is 0.111. The summed E-state index contributed by atoms with van der Waals surface area (Å²) in [6.45, 7) is 1.16. The van der Waals surface area contributed by atoms with Gasteiger partial charge in [-0.05, 0) is 30.3 Å². The van der Waals surface area contributed by atoms with E-state index in [-0.39, 0.29) is 5.75 Å². The van der Waals surface area contributed by atoms with Gasteiger partial charge in [0.15, 0.2) is 5.75 Å². The molecule has 0 aliphatic heterocycles. The van der Waals surface area contributed by atoms with Crippen molar-refractivity contribution in [3.8, 4) is 23.0 Å². The van der Waals surface area contributed by atoms with Crippen LogP contribution in [0.15, 0.2) is 47.3 Å². The Labute approximate surface area is 147 Å². The first kappa shape index (κ1) is 16.9. The Morgan fingerprint density at radius 1 is 1.16 bits per heavy atom. The molecule has 0 fully saturated rings. The summed E-state index contributed by atoms with van der Waals surface area (Å²) < 4.78 is 11.8. The zero-order chi connectivity index (χ0) is 18.1. The van der Waals surface area contributed by atoms with Gasteiger partial charge in [0.1, 0.15) is 11.5 Å². The highest BCUT2D eigenvalue weighted by molar-refractivity contribution is 6.30. The highest BCUT2D eigenvalue weighted by Crippen LogP contribution is 2.34. The number of hydrogen-bond acceptors (Lipinski definition) is 5. The van der Waals surface area contributed by atoms with Crippen LogP contribution in [-0.2, 0) is 11.8 Å². The van der Waals surface area contributed by atoms with Gasteiger partial charge in [-0.3, -0.25) is 9.59 Å². The molecule has 0 aliphatic carbocycles. The van der Waals surface area contributed by atoms with Gasteiger partial charge in [0, 0.05) is 30.4 Å². The Balaban J connectivity index is 2.10. The molecule has 2 aromatic carbocycles. The number of esters is 1. The van der Waals surface area contributed by atoms with Crippen LogP contribution in [0.25, 0.3) is 10.9 Å². The molecule has 1 N–H and O–H groups in total. The molecule has 3 rings (SSSR count). The van der Waals surface area contributed by atoms with Crippen LogP contribution in [0, 0.1) is 0 Å². The maximum atomic E-state index is 12.3. The van der Waals surface area contributed by atoms with Gasteiger partial charge < -0.3 is 19.1 Å². The third kappa shape index (κ3) is 3.29. The van der Waals surface area contributed by atoms with Crippen LogP contribution in [0.3, 0.4) is 0 Å². The van der Waals surface area contributed by atoms with Gasteiger partial charge in [-0.1, -0.05) is 17.7 Å². The zero-order valence-electron chi connectivity index (χ0n) is 13.4. The average molecular weight is 360 g/mol. The van der Waals surface area contributed by atoms with E-state index in [9.17, 15) is 14.7 Å². The second-order valence-corrected chi connectivity index (χ2v) is 5.81. The van der Waals surface area contributed by atoms with Crippen molar-refractivity contribution < 1.29 is 19.4 Å². The number of benzene rings is 2. The Bertz CT molecular complexity index is 1040. The SMILES string of the molecule is CC(=O)Oc1c(O)c2ccc(Oc3cccc(Cl)c3)cc2n(C)c1=O. The molecule has 7 heteroatoms. The van der Waals surface area contributed by atoms with Crippen molar-refractivity contribution in [2.45, 2.75) is 6.92 Å². The molecule has 0 amide bonds. The third-order valence-corrected chi connectivity index (χ3v) is 3.81. The van der Waals surface area contributed by atoms with Gasteiger partial charge in [0.2, 0.25) is 5.75 Å². The van der Waals surface area contributed by atoms with Crippen LogP contribution < -0.4 is 15.0 Å². The minimum Gasteiger partial charge on any atom is -0.504 e. The van der Waals surface area contributed by atoms with Crippen LogP contribution in [-0.4, -0.2) is 15.6 Å². The maximum Gasteiger partial charge on any atom is 0.308 e. The quantitative estimate of drug-likeness (QED) is 0.723. The van der Waals surface area contributed by atoms with Crippen molar-refractivity contribution in [3.05, 3.63) is 57.8 Å². The first-order chi connectivity index (χ1) is 11.9. The Morgan fingerprint density at radius 3 is 2.56 bits per heavy atom.